The number of aromatic nitrogens is 4. The molecule has 1 amide bonds. The number of carbonyl (C=O) groups excluding carboxylic acids is 1. The fraction of sp³-hybridized carbons (Fsp3) is 0.545. The summed E-state index contributed by atoms with van der Waals surface area (Å²) >= 11 is 0. The zero-order valence-electron chi connectivity index (χ0n) is 18.6. The van der Waals surface area contributed by atoms with Crippen LogP contribution in [0, 0.1) is 27.7 Å². The van der Waals surface area contributed by atoms with Crippen molar-refractivity contribution in [2.75, 3.05) is 13.1 Å². The third kappa shape index (κ3) is 4.10. The molecule has 172 valence electrons. The highest BCUT2D eigenvalue weighted by Gasteiger charge is 2.38. The molecule has 1 aliphatic rings. The second kappa shape index (κ2) is 8.22. The van der Waals surface area contributed by atoms with E-state index in [0.29, 0.717) is 32.5 Å². The number of hydrogen-bond donors (Lipinski definition) is 0. The van der Waals surface area contributed by atoms with Crippen LogP contribution in [0.25, 0.3) is 11.1 Å². The van der Waals surface area contributed by atoms with Crippen LogP contribution in [0.5, 0.6) is 0 Å². The molecule has 4 heterocycles. The van der Waals surface area contributed by atoms with Crippen LogP contribution in [0.3, 0.4) is 0 Å². The van der Waals surface area contributed by atoms with E-state index in [0.717, 1.165) is 23.0 Å². The van der Waals surface area contributed by atoms with E-state index in [9.17, 15) is 18.0 Å². The van der Waals surface area contributed by atoms with Gasteiger partial charge in [0.1, 0.15) is 0 Å². The number of piperidine rings is 1. The second-order valence-corrected chi connectivity index (χ2v) is 8.50. The van der Waals surface area contributed by atoms with Crippen molar-refractivity contribution in [1.82, 2.24) is 24.8 Å². The van der Waals surface area contributed by atoms with Gasteiger partial charge in [-0.2, -0.15) is 18.3 Å². The van der Waals surface area contributed by atoms with Crippen LogP contribution >= 0.6 is 0 Å². The van der Waals surface area contributed by atoms with Gasteiger partial charge in [-0.15, -0.1) is 0 Å². The van der Waals surface area contributed by atoms with Gasteiger partial charge in [0.15, 0.2) is 0 Å². The van der Waals surface area contributed by atoms with E-state index in [-0.39, 0.29) is 40.7 Å². The quantitative estimate of drug-likeness (QED) is 0.588. The molecule has 0 N–H and O–H groups in total. The molecule has 32 heavy (non-hydrogen) atoms. The Hall–Kier alpha value is -2.91. The SMILES string of the molecule is Cc1cc(C(F)(F)F)c2c([C@H]3CCCN(C(=O)CCn4nc(C)c(C)c4C)C3)noc2n1. The standard InChI is InChI=1S/C22H26F3N5O2/c1-12-10-17(22(23,24)25)19-20(28-32-21(19)26-12)16-6-5-8-29(11-16)18(31)7-9-30-15(4)13(2)14(3)27-30/h10,16H,5-9,11H2,1-4H3/t16-/m0/s1. The molecular formula is C22H26F3N5O2. The Labute approximate surface area is 183 Å². The number of aryl methyl sites for hydroxylation is 3. The molecule has 7 nitrogen and oxygen atoms in total. The topological polar surface area (TPSA) is 77.0 Å². The predicted molar refractivity (Wildman–Crippen MR) is 111 cm³/mol. The Morgan fingerprint density at radius 2 is 2.00 bits per heavy atom. The first-order valence-electron chi connectivity index (χ1n) is 10.7. The van der Waals surface area contributed by atoms with Crippen molar-refractivity contribution in [2.45, 2.75) is 65.6 Å². The molecule has 1 fully saturated rings. The van der Waals surface area contributed by atoms with Gasteiger partial charge in [-0.05, 0) is 52.2 Å². The Morgan fingerprint density at radius 1 is 1.25 bits per heavy atom. The Morgan fingerprint density at radius 3 is 2.66 bits per heavy atom. The van der Waals surface area contributed by atoms with Gasteiger partial charge in [0, 0.05) is 43.4 Å². The number of hydrogen-bond acceptors (Lipinski definition) is 5. The summed E-state index contributed by atoms with van der Waals surface area (Å²) in [5.41, 5.74) is 2.62. The zero-order valence-corrected chi connectivity index (χ0v) is 18.6. The molecule has 1 aliphatic heterocycles. The van der Waals surface area contributed by atoms with Gasteiger partial charge in [-0.1, -0.05) is 5.16 Å². The number of pyridine rings is 1. The first-order valence-corrected chi connectivity index (χ1v) is 10.7. The summed E-state index contributed by atoms with van der Waals surface area (Å²) in [7, 11) is 0. The molecule has 0 radical (unpaired) electrons. The fourth-order valence-electron chi connectivity index (χ4n) is 4.39. The van der Waals surface area contributed by atoms with E-state index in [2.05, 4.69) is 15.2 Å². The van der Waals surface area contributed by atoms with Crippen molar-refractivity contribution in [1.29, 1.82) is 0 Å². The first-order chi connectivity index (χ1) is 15.1. The number of nitrogens with zero attached hydrogens (tertiary/aromatic N) is 5. The van der Waals surface area contributed by atoms with Gasteiger partial charge in [0.25, 0.3) is 5.71 Å². The third-order valence-corrected chi connectivity index (χ3v) is 6.35. The molecule has 0 unspecified atom stereocenters. The Kier molecular flexibility index (Phi) is 5.72. The van der Waals surface area contributed by atoms with Gasteiger partial charge >= 0.3 is 6.18 Å². The minimum Gasteiger partial charge on any atom is -0.342 e. The average molecular weight is 449 g/mol. The van der Waals surface area contributed by atoms with E-state index in [1.807, 2.05) is 25.5 Å². The van der Waals surface area contributed by atoms with Gasteiger partial charge in [-0.3, -0.25) is 9.48 Å². The van der Waals surface area contributed by atoms with Crippen LogP contribution in [-0.4, -0.2) is 43.8 Å². The fourth-order valence-corrected chi connectivity index (χ4v) is 4.39. The van der Waals surface area contributed by atoms with Crippen molar-refractivity contribution < 1.29 is 22.5 Å². The monoisotopic (exact) mass is 449 g/mol. The Balaban J connectivity index is 1.53. The highest BCUT2D eigenvalue weighted by molar-refractivity contribution is 5.82. The maximum Gasteiger partial charge on any atom is 0.417 e. The summed E-state index contributed by atoms with van der Waals surface area (Å²) in [4.78, 5) is 18.7. The van der Waals surface area contributed by atoms with Gasteiger partial charge in [-0.25, -0.2) is 4.98 Å². The number of rotatable bonds is 4. The lowest BCUT2D eigenvalue weighted by atomic mass is 9.91. The molecule has 0 saturated carbocycles. The number of carbonyl (C=O) groups is 1. The van der Waals surface area contributed by atoms with Crippen molar-refractivity contribution in [3.8, 4) is 0 Å². The molecule has 0 aliphatic carbocycles. The van der Waals surface area contributed by atoms with E-state index >= 15 is 0 Å². The van der Waals surface area contributed by atoms with E-state index < -0.39 is 11.7 Å². The molecule has 3 aromatic heterocycles. The maximum atomic E-state index is 13.7. The third-order valence-electron chi connectivity index (χ3n) is 6.35. The van der Waals surface area contributed by atoms with E-state index in [4.69, 9.17) is 4.52 Å². The van der Waals surface area contributed by atoms with Crippen LogP contribution in [0.1, 0.15) is 59.1 Å². The minimum atomic E-state index is -4.55. The molecule has 0 spiro atoms. The van der Waals surface area contributed by atoms with Crippen molar-refractivity contribution >= 4 is 17.0 Å². The summed E-state index contributed by atoms with van der Waals surface area (Å²) in [5.74, 6) is -0.381. The zero-order chi connectivity index (χ0) is 23.2. The van der Waals surface area contributed by atoms with Crippen LogP contribution < -0.4 is 0 Å². The van der Waals surface area contributed by atoms with E-state index in [1.54, 1.807) is 4.90 Å². The molecule has 1 saturated heterocycles. The summed E-state index contributed by atoms with van der Waals surface area (Å²) < 4.78 is 48.0. The largest absolute Gasteiger partial charge is 0.417 e. The lowest BCUT2D eigenvalue weighted by Crippen LogP contribution is -2.39. The number of amides is 1. The predicted octanol–water partition coefficient (Wildman–Crippen LogP) is 4.47. The number of likely N-dealkylation sites (tertiary alicyclic amines) is 1. The molecule has 0 aromatic carbocycles. The van der Waals surface area contributed by atoms with Crippen LogP contribution in [0.2, 0.25) is 0 Å². The van der Waals surface area contributed by atoms with Crippen LogP contribution in [0.15, 0.2) is 10.6 Å². The summed E-state index contributed by atoms with van der Waals surface area (Å²) in [6.45, 7) is 8.74. The molecule has 4 rings (SSSR count). The smallest absolute Gasteiger partial charge is 0.342 e. The summed E-state index contributed by atoms with van der Waals surface area (Å²) in [6, 6.07) is 1.02. The van der Waals surface area contributed by atoms with Crippen LogP contribution in [0.4, 0.5) is 13.2 Å². The average Bonchev–Trinajstić information content (AvgIpc) is 3.27. The van der Waals surface area contributed by atoms with Gasteiger partial charge in [0.05, 0.1) is 22.3 Å². The van der Waals surface area contributed by atoms with Gasteiger partial charge < -0.3 is 9.42 Å². The second-order valence-electron chi connectivity index (χ2n) is 8.50. The number of alkyl halides is 3. The van der Waals surface area contributed by atoms with Crippen molar-refractivity contribution in [3.63, 3.8) is 0 Å². The molecule has 0 bridgehead atoms. The summed E-state index contributed by atoms with van der Waals surface area (Å²) in [6.07, 6.45) is -2.95. The Bertz CT molecular complexity index is 1160. The van der Waals surface area contributed by atoms with E-state index in [1.165, 1.54) is 6.92 Å². The number of fused-ring (bicyclic) bond motifs is 1. The van der Waals surface area contributed by atoms with Crippen LogP contribution in [-0.2, 0) is 17.5 Å². The minimum absolute atomic E-state index is 0.0438. The molecule has 10 heteroatoms. The first kappa shape index (κ1) is 22.3. The van der Waals surface area contributed by atoms with Crippen molar-refractivity contribution in [2.24, 2.45) is 0 Å². The highest BCUT2D eigenvalue weighted by Crippen LogP contribution is 2.40. The lowest BCUT2D eigenvalue weighted by Gasteiger charge is -2.32. The lowest BCUT2D eigenvalue weighted by molar-refractivity contribution is -0.136. The van der Waals surface area contributed by atoms with Crippen molar-refractivity contribution in [3.05, 3.63) is 40.0 Å². The maximum absolute atomic E-state index is 13.7. The molecule has 1 atom stereocenters. The normalized spacial score (nSPS) is 17.3. The molecular weight excluding hydrogens is 423 g/mol. The number of halogens is 3. The summed E-state index contributed by atoms with van der Waals surface area (Å²) in [5, 5.41) is 8.33. The van der Waals surface area contributed by atoms with Gasteiger partial charge in [0.2, 0.25) is 5.91 Å². The molecule has 3 aromatic rings. The highest BCUT2D eigenvalue weighted by atomic mass is 19.4.